The van der Waals surface area contributed by atoms with Gasteiger partial charge in [-0.25, -0.2) is 4.68 Å². The van der Waals surface area contributed by atoms with Gasteiger partial charge in [0.15, 0.2) is 0 Å². The zero-order valence-corrected chi connectivity index (χ0v) is 21.5. The first-order valence-corrected chi connectivity index (χ1v) is 13.4. The van der Waals surface area contributed by atoms with Gasteiger partial charge in [-0.15, -0.1) is 5.10 Å². The lowest BCUT2D eigenvalue weighted by Crippen LogP contribution is -2.40. The van der Waals surface area contributed by atoms with Crippen LogP contribution in [0.4, 0.5) is 0 Å². The molecule has 3 aromatic rings. The Bertz CT molecular complexity index is 1220. The van der Waals surface area contributed by atoms with Crippen molar-refractivity contribution in [1.29, 1.82) is 0 Å². The molecular formula is C27H36N8O2. The molecule has 1 aromatic heterocycles. The highest BCUT2D eigenvalue weighted by Crippen LogP contribution is 2.33. The average molecular weight is 505 g/mol. The average Bonchev–Trinajstić information content (AvgIpc) is 3.37. The summed E-state index contributed by atoms with van der Waals surface area (Å²) in [6, 6.07) is 9.29. The van der Waals surface area contributed by atoms with Crippen molar-refractivity contribution in [2.75, 3.05) is 58.9 Å². The van der Waals surface area contributed by atoms with Crippen LogP contribution in [0.5, 0.6) is 0 Å². The number of nitrogens with one attached hydrogen (secondary N) is 3. The Hall–Kier alpha value is -3.18. The minimum absolute atomic E-state index is 0.247. The fourth-order valence-electron chi connectivity index (χ4n) is 5.16. The Morgan fingerprint density at radius 2 is 1.57 bits per heavy atom. The quantitative estimate of drug-likeness (QED) is 0.458. The van der Waals surface area contributed by atoms with Gasteiger partial charge in [-0.1, -0.05) is 17.3 Å². The molecule has 2 aliphatic rings. The van der Waals surface area contributed by atoms with E-state index in [0.29, 0.717) is 29.6 Å². The van der Waals surface area contributed by atoms with Gasteiger partial charge in [0.05, 0.1) is 17.6 Å². The molecule has 0 unspecified atom stereocenters. The number of hydrogen-bond acceptors (Lipinski definition) is 8. The molecule has 0 spiro atoms. The Labute approximate surface area is 217 Å². The third kappa shape index (κ3) is 5.57. The largest absolute Gasteiger partial charge is 0.315 e. The molecule has 1 fully saturated rings. The van der Waals surface area contributed by atoms with Gasteiger partial charge in [0, 0.05) is 61.2 Å². The Kier molecular flexibility index (Phi) is 8.20. The van der Waals surface area contributed by atoms with Crippen molar-refractivity contribution >= 4 is 22.6 Å². The first-order chi connectivity index (χ1) is 18.2. The van der Waals surface area contributed by atoms with Gasteiger partial charge in [0.2, 0.25) is 0 Å². The lowest BCUT2D eigenvalue weighted by atomic mass is 9.93. The summed E-state index contributed by atoms with van der Waals surface area (Å²) in [5.41, 5.74) is 2.81. The van der Waals surface area contributed by atoms with Crippen LogP contribution in [0.1, 0.15) is 46.2 Å². The van der Waals surface area contributed by atoms with Crippen molar-refractivity contribution in [1.82, 2.24) is 40.7 Å². The summed E-state index contributed by atoms with van der Waals surface area (Å²) >= 11 is 0. The van der Waals surface area contributed by atoms with E-state index in [4.69, 9.17) is 0 Å². The van der Waals surface area contributed by atoms with Crippen LogP contribution in [-0.4, -0.2) is 95.5 Å². The number of benzene rings is 2. The second-order valence-electron chi connectivity index (χ2n) is 9.60. The lowest BCUT2D eigenvalue weighted by Gasteiger charge is -2.26. The Morgan fingerprint density at radius 3 is 2.35 bits per heavy atom. The molecule has 3 heterocycles. The van der Waals surface area contributed by atoms with Crippen LogP contribution in [0.25, 0.3) is 16.5 Å². The first kappa shape index (κ1) is 25.5. The molecule has 2 aromatic carbocycles. The van der Waals surface area contributed by atoms with E-state index in [1.165, 1.54) is 4.90 Å². The zero-order chi connectivity index (χ0) is 25.6. The molecule has 37 heavy (non-hydrogen) atoms. The Balaban J connectivity index is 1.35. The van der Waals surface area contributed by atoms with E-state index in [1.807, 2.05) is 31.3 Å². The molecule has 3 N–H and O–H groups in total. The van der Waals surface area contributed by atoms with Crippen LogP contribution in [0.2, 0.25) is 0 Å². The van der Waals surface area contributed by atoms with Crippen molar-refractivity contribution < 1.29 is 9.59 Å². The minimum Gasteiger partial charge on any atom is -0.315 e. The molecule has 0 aliphatic carbocycles. The molecule has 0 radical (unpaired) electrons. The molecule has 196 valence electrons. The maximum Gasteiger partial charge on any atom is 0.261 e. The highest BCUT2D eigenvalue weighted by Gasteiger charge is 2.32. The SMILES string of the molecule is CCN1C(=O)c2cccc3c(-n4cc(CN5CCCNCCNCCCNCC5)nn4)ccc(c23)C1=O. The maximum absolute atomic E-state index is 12.9. The van der Waals surface area contributed by atoms with Gasteiger partial charge in [-0.3, -0.25) is 19.4 Å². The fourth-order valence-corrected chi connectivity index (χ4v) is 5.16. The lowest BCUT2D eigenvalue weighted by molar-refractivity contribution is 0.0619. The van der Waals surface area contributed by atoms with Crippen LogP contribution < -0.4 is 16.0 Å². The van der Waals surface area contributed by atoms with E-state index < -0.39 is 0 Å². The standard InChI is InChI=1S/C27H36N8O2/c1-2-34-26(36)22-7-3-6-21-24(9-8-23(25(21)22)27(34)37)35-19-20(31-32-35)18-33-16-5-12-29-14-13-28-10-4-11-30-15-17-33/h3,6-9,19,28-30H,2,4-5,10-18H2,1H3. The number of aromatic nitrogens is 3. The molecule has 5 rings (SSSR count). The molecule has 10 nitrogen and oxygen atoms in total. The number of imide groups is 1. The number of nitrogens with zero attached hydrogens (tertiary/aromatic N) is 5. The van der Waals surface area contributed by atoms with E-state index in [0.717, 1.165) is 82.0 Å². The van der Waals surface area contributed by atoms with Gasteiger partial charge in [-0.05, 0) is 64.1 Å². The number of amides is 2. The molecule has 1 saturated heterocycles. The van der Waals surface area contributed by atoms with E-state index >= 15 is 0 Å². The fraction of sp³-hybridized carbons (Fsp3) is 0.481. The molecule has 10 heteroatoms. The van der Waals surface area contributed by atoms with Gasteiger partial charge < -0.3 is 16.0 Å². The summed E-state index contributed by atoms with van der Waals surface area (Å²) in [4.78, 5) is 29.6. The van der Waals surface area contributed by atoms with Gasteiger partial charge in [0.25, 0.3) is 11.8 Å². The first-order valence-electron chi connectivity index (χ1n) is 13.4. The normalized spacial score (nSPS) is 18.8. The third-order valence-electron chi connectivity index (χ3n) is 7.08. The second kappa shape index (κ2) is 11.9. The highest BCUT2D eigenvalue weighted by molar-refractivity contribution is 6.26. The predicted molar refractivity (Wildman–Crippen MR) is 143 cm³/mol. The van der Waals surface area contributed by atoms with E-state index in [9.17, 15) is 9.59 Å². The second-order valence-corrected chi connectivity index (χ2v) is 9.60. The zero-order valence-electron chi connectivity index (χ0n) is 21.5. The monoisotopic (exact) mass is 504 g/mol. The predicted octanol–water partition coefficient (Wildman–Crippen LogP) is 1.40. The van der Waals surface area contributed by atoms with E-state index in [2.05, 4.69) is 31.2 Å². The van der Waals surface area contributed by atoms with Gasteiger partial charge in [0.1, 0.15) is 0 Å². The molecule has 2 amide bonds. The number of carbonyl (C=O) groups excluding carboxylic acids is 2. The van der Waals surface area contributed by atoms with Crippen molar-refractivity contribution in [3.63, 3.8) is 0 Å². The molecule has 2 aliphatic heterocycles. The van der Waals surface area contributed by atoms with Crippen LogP contribution in [0, 0.1) is 0 Å². The topological polar surface area (TPSA) is 107 Å². The van der Waals surface area contributed by atoms with E-state index in [1.54, 1.807) is 16.8 Å². The summed E-state index contributed by atoms with van der Waals surface area (Å²) in [6.45, 7) is 10.8. The molecule has 0 saturated carbocycles. The van der Waals surface area contributed by atoms with Crippen molar-refractivity contribution in [2.24, 2.45) is 0 Å². The van der Waals surface area contributed by atoms with Crippen LogP contribution in [0.3, 0.4) is 0 Å². The van der Waals surface area contributed by atoms with Crippen LogP contribution >= 0.6 is 0 Å². The van der Waals surface area contributed by atoms with Crippen LogP contribution in [-0.2, 0) is 6.54 Å². The molecule has 0 atom stereocenters. The molecule has 0 bridgehead atoms. The minimum atomic E-state index is -0.247. The number of carbonyl (C=O) groups is 2. The summed E-state index contributed by atoms with van der Waals surface area (Å²) in [5.74, 6) is -0.494. The van der Waals surface area contributed by atoms with Gasteiger partial charge >= 0.3 is 0 Å². The van der Waals surface area contributed by atoms with E-state index in [-0.39, 0.29) is 11.8 Å². The Morgan fingerprint density at radius 1 is 0.838 bits per heavy atom. The summed E-state index contributed by atoms with van der Waals surface area (Å²) in [6.07, 6.45) is 4.15. The molecular weight excluding hydrogens is 468 g/mol. The van der Waals surface area contributed by atoms with Crippen molar-refractivity contribution in [3.8, 4) is 5.69 Å². The summed E-state index contributed by atoms with van der Waals surface area (Å²) in [5, 5.41) is 20.9. The third-order valence-corrected chi connectivity index (χ3v) is 7.08. The van der Waals surface area contributed by atoms with Crippen LogP contribution in [0.15, 0.2) is 36.5 Å². The number of rotatable bonds is 4. The van der Waals surface area contributed by atoms with Crippen molar-refractivity contribution in [2.45, 2.75) is 26.3 Å². The smallest absolute Gasteiger partial charge is 0.261 e. The van der Waals surface area contributed by atoms with Crippen molar-refractivity contribution in [3.05, 3.63) is 53.3 Å². The summed E-state index contributed by atoms with van der Waals surface area (Å²) < 4.78 is 1.76. The van der Waals surface area contributed by atoms with Gasteiger partial charge in [-0.2, -0.15) is 0 Å². The highest BCUT2D eigenvalue weighted by atomic mass is 16.2. The maximum atomic E-state index is 12.9. The number of hydrogen-bond donors (Lipinski definition) is 3. The summed E-state index contributed by atoms with van der Waals surface area (Å²) in [7, 11) is 0.